The fourth-order valence-electron chi connectivity index (χ4n) is 1.99. The number of aromatic nitrogens is 4. The standard InChI is InChI=1S/C13H10Cl2N4/c1-7-10-13(19(2)18-7)17-12(15)11(16-10)8-3-5-9(14)6-4-8/h3-6H,1-2H3. The molecule has 3 aromatic rings. The Bertz CT molecular complexity index is 762. The van der Waals surface area contributed by atoms with Crippen molar-refractivity contribution in [3.05, 3.63) is 40.1 Å². The van der Waals surface area contributed by atoms with Gasteiger partial charge in [-0.2, -0.15) is 5.10 Å². The average Bonchev–Trinajstić information content (AvgIpc) is 2.65. The Balaban J connectivity index is 2.26. The largest absolute Gasteiger partial charge is 0.249 e. The summed E-state index contributed by atoms with van der Waals surface area (Å²) in [7, 11) is 1.82. The Morgan fingerprint density at radius 1 is 1.05 bits per heavy atom. The molecular weight excluding hydrogens is 283 g/mol. The van der Waals surface area contributed by atoms with Crippen molar-refractivity contribution >= 4 is 34.4 Å². The summed E-state index contributed by atoms with van der Waals surface area (Å²) in [4.78, 5) is 8.94. The van der Waals surface area contributed by atoms with Crippen LogP contribution in [0.1, 0.15) is 5.69 Å². The molecule has 0 saturated heterocycles. The van der Waals surface area contributed by atoms with Gasteiger partial charge in [0.05, 0.1) is 5.69 Å². The normalized spacial score (nSPS) is 11.2. The third-order valence-electron chi connectivity index (χ3n) is 2.90. The van der Waals surface area contributed by atoms with E-state index in [9.17, 15) is 0 Å². The predicted octanol–water partition coefficient (Wildman–Crippen LogP) is 3.65. The molecule has 0 amide bonds. The topological polar surface area (TPSA) is 43.6 Å². The Morgan fingerprint density at radius 3 is 2.42 bits per heavy atom. The average molecular weight is 293 g/mol. The maximum atomic E-state index is 6.21. The lowest BCUT2D eigenvalue weighted by molar-refractivity contribution is 0.774. The minimum atomic E-state index is 0.359. The van der Waals surface area contributed by atoms with Gasteiger partial charge in [-0.15, -0.1) is 0 Å². The van der Waals surface area contributed by atoms with Gasteiger partial charge < -0.3 is 0 Å². The van der Waals surface area contributed by atoms with Gasteiger partial charge in [-0.1, -0.05) is 35.3 Å². The van der Waals surface area contributed by atoms with Crippen molar-refractivity contribution in [1.82, 2.24) is 19.7 Å². The van der Waals surface area contributed by atoms with Crippen molar-refractivity contribution in [2.45, 2.75) is 6.92 Å². The molecule has 0 aliphatic carbocycles. The van der Waals surface area contributed by atoms with E-state index in [0.29, 0.717) is 21.5 Å². The number of fused-ring (bicyclic) bond motifs is 1. The second-order valence-corrected chi connectivity index (χ2v) is 5.05. The first kappa shape index (κ1) is 12.4. The second-order valence-electron chi connectivity index (χ2n) is 4.25. The summed E-state index contributed by atoms with van der Waals surface area (Å²) in [5.74, 6) is 0. The lowest BCUT2D eigenvalue weighted by atomic mass is 10.1. The molecule has 0 N–H and O–H groups in total. The molecule has 0 atom stereocenters. The van der Waals surface area contributed by atoms with E-state index in [4.69, 9.17) is 23.2 Å². The van der Waals surface area contributed by atoms with Crippen molar-refractivity contribution in [3.63, 3.8) is 0 Å². The van der Waals surface area contributed by atoms with E-state index in [-0.39, 0.29) is 0 Å². The van der Waals surface area contributed by atoms with E-state index in [1.165, 1.54) is 0 Å². The molecule has 0 unspecified atom stereocenters. The first-order chi connectivity index (χ1) is 9.06. The van der Waals surface area contributed by atoms with Gasteiger partial charge in [-0.25, -0.2) is 14.6 Å². The SMILES string of the molecule is Cc1nn(C)c2nc(Cl)c(-c3ccc(Cl)cc3)nc12. The highest BCUT2D eigenvalue weighted by Gasteiger charge is 2.14. The van der Waals surface area contributed by atoms with Gasteiger partial charge in [0.25, 0.3) is 0 Å². The zero-order valence-corrected chi connectivity index (χ0v) is 11.9. The molecule has 0 aliphatic rings. The van der Waals surface area contributed by atoms with Crippen LogP contribution in [0.2, 0.25) is 10.2 Å². The van der Waals surface area contributed by atoms with E-state index in [0.717, 1.165) is 16.8 Å². The number of aryl methyl sites for hydroxylation is 2. The maximum Gasteiger partial charge on any atom is 0.178 e. The molecule has 0 spiro atoms. The summed E-state index contributed by atoms with van der Waals surface area (Å²) in [6.45, 7) is 1.90. The van der Waals surface area contributed by atoms with Crippen molar-refractivity contribution < 1.29 is 0 Å². The van der Waals surface area contributed by atoms with Crippen LogP contribution in [0.3, 0.4) is 0 Å². The molecule has 0 fully saturated rings. The Kier molecular flexibility index (Phi) is 2.92. The Labute approximate surface area is 120 Å². The number of rotatable bonds is 1. The zero-order chi connectivity index (χ0) is 13.6. The van der Waals surface area contributed by atoms with E-state index >= 15 is 0 Å². The quantitative estimate of drug-likeness (QED) is 0.688. The van der Waals surface area contributed by atoms with Gasteiger partial charge in [0.2, 0.25) is 0 Å². The highest BCUT2D eigenvalue weighted by Crippen LogP contribution is 2.28. The summed E-state index contributed by atoms with van der Waals surface area (Å²) < 4.78 is 1.68. The van der Waals surface area contributed by atoms with Gasteiger partial charge >= 0.3 is 0 Å². The third kappa shape index (κ3) is 2.07. The van der Waals surface area contributed by atoms with Crippen molar-refractivity contribution in [3.8, 4) is 11.3 Å². The van der Waals surface area contributed by atoms with E-state index in [1.54, 1.807) is 16.8 Å². The molecule has 96 valence electrons. The van der Waals surface area contributed by atoms with Crippen molar-refractivity contribution in [2.24, 2.45) is 7.05 Å². The third-order valence-corrected chi connectivity index (χ3v) is 3.42. The molecule has 1 aromatic carbocycles. The molecule has 0 saturated carbocycles. The molecule has 6 heteroatoms. The van der Waals surface area contributed by atoms with Gasteiger partial charge in [0.1, 0.15) is 11.2 Å². The van der Waals surface area contributed by atoms with E-state index < -0.39 is 0 Å². The Morgan fingerprint density at radius 2 is 1.74 bits per heavy atom. The van der Waals surface area contributed by atoms with Crippen LogP contribution in [-0.2, 0) is 7.05 Å². The number of nitrogens with zero attached hydrogens (tertiary/aromatic N) is 4. The molecule has 3 rings (SSSR count). The van der Waals surface area contributed by atoms with Crippen LogP contribution in [0.15, 0.2) is 24.3 Å². The van der Waals surface area contributed by atoms with Crippen LogP contribution in [-0.4, -0.2) is 19.7 Å². The highest BCUT2D eigenvalue weighted by molar-refractivity contribution is 6.32. The fraction of sp³-hybridized carbons (Fsp3) is 0.154. The summed E-state index contributed by atoms with van der Waals surface area (Å²) in [6, 6.07) is 7.34. The van der Waals surface area contributed by atoms with Gasteiger partial charge in [0.15, 0.2) is 10.8 Å². The van der Waals surface area contributed by atoms with Crippen molar-refractivity contribution in [2.75, 3.05) is 0 Å². The van der Waals surface area contributed by atoms with Crippen LogP contribution < -0.4 is 0 Å². The smallest absolute Gasteiger partial charge is 0.178 e. The summed E-state index contributed by atoms with van der Waals surface area (Å²) >= 11 is 12.1. The number of benzene rings is 1. The molecule has 0 radical (unpaired) electrons. The first-order valence-electron chi connectivity index (χ1n) is 5.69. The predicted molar refractivity (Wildman–Crippen MR) is 76.5 cm³/mol. The zero-order valence-electron chi connectivity index (χ0n) is 10.4. The lowest BCUT2D eigenvalue weighted by Crippen LogP contribution is -1.95. The summed E-state index contributed by atoms with van der Waals surface area (Å²) in [6.07, 6.45) is 0. The monoisotopic (exact) mass is 292 g/mol. The minimum absolute atomic E-state index is 0.359. The minimum Gasteiger partial charge on any atom is -0.249 e. The molecule has 19 heavy (non-hydrogen) atoms. The van der Waals surface area contributed by atoms with Crippen LogP contribution in [0.5, 0.6) is 0 Å². The van der Waals surface area contributed by atoms with Gasteiger partial charge in [-0.05, 0) is 19.1 Å². The van der Waals surface area contributed by atoms with Crippen LogP contribution in [0.4, 0.5) is 0 Å². The maximum absolute atomic E-state index is 6.21. The number of hydrogen-bond acceptors (Lipinski definition) is 3. The molecule has 4 nitrogen and oxygen atoms in total. The summed E-state index contributed by atoms with van der Waals surface area (Å²) in [5, 5.41) is 5.32. The van der Waals surface area contributed by atoms with Crippen molar-refractivity contribution in [1.29, 1.82) is 0 Å². The molecule has 2 aromatic heterocycles. The lowest BCUT2D eigenvalue weighted by Gasteiger charge is -2.04. The highest BCUT2D eigenvalue weighted by atomic mass is 35.5. The van der Waals surface area contributed by atoms with E-state index in [2.05, 4.69) is 15.1 Å². The number of halogens is 2. The molecule has 0 aliphatic heterocycles. The Hall–Kier alpha value is -1.65. The van der Waals surface area contributed by atoms with Crippen LogP contribution in [0.25, 0.3) is 22.4 Å². The first-order valence-corrected chi connectivity index (χ1v) is 6.44. The molecular formula is C13H10Cl2N4. The fourth-order valence-corrected chi connectivity index (χ4v) is 2.34. The number of hydrogen-bond donors (Lipinski definition) is 0. The van der Waals surface area contributed by atoms with Gasteiger partial charge in [0, 0.05) is 17.6 Å². The molecule has 2 heterocycles. The van der Waals surface area contributed by atoms with Gasteiger partial charge in [-0.3, -0.25) is 0 Å². The van der Waals surface area contributed by atoms with Crippen LogP contribution in [0, 0.1) is 6.92 Å². The summed E-state index contributed by atoms with van der Waals surface area (Å²) in [5.41, 5.74) is 3.79. The molecule has 0 bridgehead atoms. The van der Waals surface area contributed by atoms with Crippen LogP contribution >= 0.6 is 23.2 Å². The van der Waals surface area contributed by atoms with E-state index in [1.807, 2.05) is 26.1 Å². The second kappa shape index (κ2) is 4.47.